The Morgan fingerprint density at radius 1 is 1.09 bits per heavy atom. The largest absolute Gasteiger partial charge is 0.492 e. The number of hydrogen-bond donors (Lipinski definition) is 0. The quantitative estimate of drug-likeness (QED) is 0.417. The van der Waals surface area contributed by atoms with Gasteiger partial charge in [-0.15, -0.1) is 0 Å². The lowest BCUT2D eigenvalue weighted by atomic mass is 10.1. The number of aromatic nitrogens is 3. The molecule has 0 saturated heterocycles. The summed E-state index contributed by atoms with van der Waals surface area (Å²) in [6.07, 6.45) is 4.47. The third-order valence-electron chi connectivity index (χ3n) is 5.57. The molecule has 6 nitrogen and oxygen atoms in total. The molecule has 2 aromatic carbocycles. The van der Waals surface area contributed by atoms with Gasteiger partial charge in [-0.3, -0.25) is 4.98 Å². The van der Waals surface area contributed by atoms with Gasteiger partial charge < -0.3 is 14.5 Å². The molecular formula is C25H24ClN5O. The van der Waals surface area contributed by atoms with Crippen molar-refractivity contribution < 1.29 is 4.74 Å². The highest BCUT2D eigenvalue weighted by Crippen LogP contribution is 2.39. The molecule has 3 heterocycles. The number of benzene rings is 2. The Labute approximate surface area is 192 Å². The molecule has 162 valence electrons. The molecule has 1 aliphatic heterocycles. The van der Waals surface area contributed by atoms with Gasteiger partial charge in [-0.05, 0) is 68.5 Å². The van der Waals surface area contributed by atoms with Gasteiger partial charge in [0.1, 0.15) is 18.2 Å². The molecule has 0 atom stereocenters. The first-order valence-electron chi connectivity index (χ1n) is 10.6. The summed E-state index contributed by atoms with van der Waals surface area (Å²) in [5, 5.41) is 1.74. The van der Waals surface area contributed by atoms with Gasteiger partial charge in [0.2, 0.25) is 0 Å². The van der Waals surface area contributed by atoms with Crippen molar-refractivity contribution in [1.82, 2.24) is 19.9 Å². The Hall–Kier alpha value is -3.22. The summed E-state index contributed by atoms with van der Waals surface area (Å²) in [6.45, 7) is 2.31. The number of anilines is 2. The highest BCUT2D eigenvalue weighted by atomic mass is 35.5. The lowest BCUT2D eigenvalue weighted by molar-refractivity contribution is 0.261. The summed E-state index contributed by atoms with van der Waals surface area (Å²) in [4.78, 5) is 18.4. The van der Waals surface area contributed by atoms with E-state index in [0.29, 0.717) is 12.4 Å². The smallest absolute Gasteiger partial charge is 0.163 e. The van der Waals surface area contributed by atoms with Crippen molar-refractivity contribution in [3.8, 4) is 17.1 Å². The molecule has 0 radical (unpaired) electrons. The van der Waals surface area contributed by atoms with Gasteiger partial charge in [0, 0.05) is 53.2 Å². The molecular weight excluding hydrogens is 422 g/mol. The van der Waals surface area contributed by atoms with Crippen molar-refractivity contribution in [1.29, 1.82) is 0 Å². The maximum atomic E-state index is 6.23. The number of halogens is 1. The molecule has 0 saturated carbocycles. The first-order valence-corrected chi connectivity index (χ1v) is 11.0. The molecule has 0 unspecified atom stereocenters. The van der Waals surface area contributed by atoms with E-state index in [9.17, 15) is 0 Å². The van der Waals surface area contributed by atoms with Crippen LogP contribution in [0.2, 0.25) is 5.02 Å². The fourth-order valence-electron chi connectivity index (χ4n) is 3.95. The second-order valence-electron chi connectivity index (χ2n) is 8.12. The van der Waals surface area contributed by atoms with Crippen LogP contribution in [0.1, 0.15) is 5.56 Å². The molecule has 0 amide bonds. The molecule has 0 spiro atoms. The van der Waals surface area contributed by atoms with Crippen molar-refractivity contribution in [3.63, 3.8) is 0 Å². The number of fused-ring (bicyclic) bond motifs is 2. The fourth-order valence-corrected chi connectivity index (χ4v) is 4.14. The van der Waals surface area contributed by atoms with Crippen LogP contribution >= 0.6 is 11.6 Å². The molecule has 2 aromatic heterocycles. The first-order chi connectivity index (χ1) is 15.6. The van der Waals surface area contributed by atoms with E-state index < -0.39 is 0 Å². The van der Waals surface area contributed by atoms with Crippen molar-refractivity contribution in [2.75, 3.05) is 38.7 Å². The lowest BCUT2D eigenvalue weighted by Crippen LogP contribution is -2.19. The minimum atomic E-state index is 0.617. The Bertz CT molecular complexity index is 1260. The van der Waals surface area contributed by atoms with Crippen LogP contribution < -0.4 is 9.64 Å². The molecule has 0 N–H and O–H groups in total. The van der Waals surface area contributed by atoms with Crippen LogP contribution in [0, 0.1) is 0 Å². The molecule has 32 heavy (non-hydrogen) atoms. The standard InChI is InChI=1S/C25H24ClN5O/c1-30(2)12-13-32-20-6-7-21-22(15-20)28-24(18-4-3-10-27-16-18)29-25(21)31-11-9-17-14-19(26)5-8-23(17)31/h3-8,10,14-16H,9,11-13H2,1-2H3. The number of likely N-dealkylation sites (N-methyl/N-ethyl adjacent to an activating group) is 1. The van der Waals surface area contributed by atoms with Gasteiger partial charge in [0.25, 0.3) is 0 Å². The van der Waals surface area contributed by atoms with Crippen molar-refractivity contribution >= 4 is 34.0 Å². The van der Waals surface area contributed by atoms with E-state index in [2.05, 4.69) is 26.9 Å². The normalized spacial score (nSPS) is 13.1. The lowest BCUT2D eigenvalue weighted by Gasteiger charge is -2.21. The average molecular weight is 446 g/mol. The van der Waals surface area contributed by atoms with E-state index in [-0.39, 0.29) is 0 Å². The highest BCUT2D eigenvalue weighted by molar-refractivity contribution is 6.30. The number of rotatable bonds is 6. The van der Waals surface area contributed by atoms with Crippen molar-refractivity contribution in [2.45, 2.75) is 6.42 Å². The van der Waals surface area contributed by atoms with Crippen LogP contribution in [0.15, 0.2) is 60.9 Å². The monoisotopic (exact) mass is 445 g/mol. The zero-order valence-corrected chi connectivity index (χ0v) is 18.9. The molecule has 0 bridgehead atoms. The Kier molecular flexibility index (Phi) is 5.64. The summed E-state index contributed by atoms with van der Waals surface area (Å²) < 4.78 is 5.96. The van der Waals surface area contributed by atoms with Crippen LogP contribution in [-0.2, 0) is 6.42 Å². The summed E-state index contributed by atoms with van der Waals surface area (Å²) >= 11 is 6.23. The first kappa shape index (κ1) is 20.7. The van der Waals surface area contributed by atoms with E-state index in [1.807, 2.05) is 50.5 Å². The van der Waals surface area contributed by atoms with Gasteiger partial charge in [0.05, 0.1) is 5.52 Å². The minimum absolute atomic E-state index is 0.617. The van der Waals surface area contributed by atoms with Gasteiger partial charge in [-0.2, -0.15) is 0 Å². The van der Waals surface area contributed by atoms with Gasteiger partial charge in [-0.1, -0.05) is 11.6 Å². The maximum Gasteiger partial charge on any atom is 0.163 e. The predicted octanol–water partition coefficient (Wildman–Crippen LogP) is 4.98. The Morgan fingerprint density at radius 2 is 2.00 bits per heavy atom. The molecule has 0 aliphatic carbocycles. The zero-order chi connectivity index (χ0) is 22.1. The topological polar surface area (TPSA) is 54.4 Å². The molecule has 7 heteroatoms. The summed E-state index contributed by atoms with van der Waals surface area (Å²) in [6, 6.07) is 16.0. The molecule has 1 aliphatic rings. The van der Waals surface area contributed by atoms with E-state index in [1.165, 1.54) is 5.56 Å². The second kappa shape index (κ2) is 8.73. The summed E-state index contributed by atoms with van der Waals surface area (Å²) in [5.41, 5.74) is 4.09. The van der Waals surface area contributed by atoms with Crippen LogP contribution in [0.25, 0.3) is 22.3 Å². The number of ether oxygens (including phenoxy) is 1. The zero-order valence-electron chi connectivity index (χ0n) is 18.1. The van der Waals surface area contributed by atoms with Gasteiger partial charge in [0.15, 0.2) is 5.82 Å². The fraction of sp³-hybridized carbons (Fsp3) is 0.240. The third-order valence-corrected chi connectivity index (χ3v) is 5.80. The van der Waals surface area contributed by atoms with Gasteiger partial charge in [-0.25, -0.2) is 9.97 Å². The average Bonchev–Trinajstić information content (AvgIpc) is 3.21. The molecule has 4 aromatic rings. The number of pyridine rings is 1. The highest BCUT2D eigenvalue weighted by Gasteiger charge is 2.24. The van der Waals surface area contributed by atoms with Crippen LogP contribution in [0.3, 0.4) is 0 Å². The van der Waals surface area contributed by atoms with Crippen molar-refractivity contribution in [2.24, 2.45) is 0 Å². The maximum absolute atomic E-state index is 6.23. The Morgan fingerprint density at radius 3 is 2.81 bits per heavy atom. The van der Waals surface area contributed by atoms with E-state index >= 15 is 0 Å². The number of nitrogens with zero attached hydrogens (tertiary/aromatic N) is 5. The minimum Gasteiger partial charge on any atom is -0.492 e. The summed E-state index contributed by atoms with van der Waals surface area (Å²) in [5.74, 6) is 2.33. The van der Waals surface area contributed by atoms with Crippen LogP contribution in [-0.4, -0.2) is 53.6 Å². The van der Waals surface area contributed by atoms with E-state index in [4.69, 9.17) is 26.3 Å². The van der Waals surface area contributed by atoms with E-state index in [1.54, 1.807) is 12.4 Å². The molecule has 0 fully saturated rings. The number of hydrogen-bond acceptors (Lipinski definition) is 6. The van der Waals surface area contributed by atoms with Crippen LogP contribution in [0.4, 0.5) is 11.5 Å². The van der Waals surface area contributed by atoms with E-state index in [0.717, 1.165) is 58.3 Å². The summed E-state index contributed by atoms with van der Waals surface area (Å²) in [7, 11) is 4.06. The van der Waals surface area contributed by atoms with Crippen LogP contribution in [0.5, 0.6) is 5.75 Å². The molecule has 5 rings (SSSR count). The van der Waals surface area contributed by atoms with Crippen molar-refractivity contribution in [3.05, 3.63) is 71.5 Å². The third kappa shape index (κ3) is 4.11. The second-order valence-corrected chi connectivity index (χ2v) is 8.55. The SMILES string of the molecule is CN(C)CCOc1ccc2c(N3CCc4cc(Cl)ccc43)nc(-c3cccnc3)nc2c1. The predicted molar refractivity (Wildman–Crippen MR) is 129 cm³/mol. The van der Waals surface area contributed by atoms with Gasteiger partial charge >= 0.3 is 0 Å². The Balaban J connectivity index is 1.61.